The first-order valence-electron chi connectivity index (χ1n) is 8.83. The Morgan fingerprint density at radius 2 is 1.96 bits per heavy atom. The van der Waals surface area contributed by atoms with Crippen LogP contribution in [0.5, 0.6) is 0 Å². The molecule has 4 rings (SSSR count). The lowest BCUT2D eigenvalue weighted by molar-refractivity contribution is 0.393. The largest absolute Gasteiger partial charge is 0.361 e. The number of nitrogens with one attached hydrogen (secondary N) is 1. The Kier molecular flexibility index (Phi) is 4.55. The van der Waals surface area contributed by atoms with E-state index in [1.807, 2.05) is 26.2 Å². The van der Waals surface area contributed by atoms with Gasteiger partial charge in [0, 0.05) is 38.7 Å². The SMILES string of the molecule is CCCc1ccc(Sc2c[nH]c3ncc(-c4c(C)noc4C)cc23)cc1. The summed E-state index contributed by atoms with van der Waals surface area (Å²) in [5, 5.41) is 5.17. The van der Waals surface area contributed by atoms with Crippen LogP contribution in [-0.2, 0) is 6.42 Å². The van der Waals surface area contributed by atoms with Gasteiger partial charge in [-0.25, -0.2) is 4.98 Å². The predicted octanol–water partition coefficient (Wildman–Crippen LogP) is 5.94. The van der Waals surface area contributed by atoms with Gasteiger partial charge in [-0.15, -0.1) is 0 Å². The van der Waals surface area contributed by atoms with Gasteiger partial charge in [0.1, 0.15) is 11.4 Å². The minimum absolute atomic E-state index is 0.819. The van der Waals surface area contributed by atoms with Crippen molar-refractivity contribution < 1.29 is 4.52 Å². The number of H-pyrrole nitrogens is 1. The van der Waals surface area contributed by atoms with Crippen LogP contribution in [0.3, 0.4) is 0 Å². The van der Waals surface area contributed by atoms with E-state index in [4.69, 9.17) is 4.52 Å². The van der Waals surface area contributed by atoms with Crippen LogP contribution in [0.25, 0.3) is 22.2 Å². The second-order valence-electron chi connectivity index (χ2n) is 6.47. The second kappa shape index (κ2) is 7.00. The van der Waals surface area contributed by atoms with E-state index in [0.29, 0.717) is 0 Å². The van der Waals surface area contributed by atoms with Gasteiger partial charge in [0.15, 0.2) is 0 Å². The lowest BCUT2D eigenvalue weighted by atomic mass is 10.1. The zero-order chi connectivity index (χ0) is 18.1. The Hall–Kier alpha value is -2.53. The molecular weight excluding hydrogens is 342 g/mol. The minimum atomic E-state index is 0.819. The number of aryl methyl sites for hydroxylation is 3. The Morgan fingerprint density at radius 3 is 2.65 bits per heavy atom. The average Bonchev–Trinajstić information content (AvgIpc) is 3.19. The summed E-state index contributed by atoms with van der Waals surface area (Å²) >= 11 is 1.75. The van der Waals surface area contributed by atoms with Crippen LogP contribution in [0.1, 0.15) is 30.4 Å². The molecule has 1 aromatic carbocycles. The highest BCUT2D eigenvalue weighted by molar-refractivity contribution is 7.99. The molecule has 3 aromatic heterocycles. The van der Waals surface area contributed by atoms with Crippen molar-refractivity contribution >= 4 is 22.8 Å². The highest BCUT2D eigenvalue weighted by atomic mass is 32.2. The minimum Gasteiger partial charge on any atom is -0.361 e. The van der Waals surface area contributed by atoms with Crippen molar-refractivity contribution in [3.63, 3.8) is 0 Å². The maximum absolute atomic E-state index is 5.31. The van der Waals surface area contributed by atoms with E-state index in [1.54, 1.807) is 11.8 Å². The summed E-state index contributed by atoms with van der Waals surface area (Å²) in [6, 6.07) is 11.0. The van der Waals surface area contributed by atoms with Crippen LogP contribution in [0, 0.1) is 13.8 Å². The first-order chi connectivity index (χ1) is 12.7. The summed E-state index contributed by atoms with van der Waals surface area (Å²) in [5.74, 6) is 0.819. The molecule has 0 radical (unpaired) electrons. The molecule has 0 amide bonds. The van der Waals surface area contributed by atoms with Crippen LogP contribution in [0.4, 0.5) is 0 Å². The van der Waals surface area contributed by atoms with Gasteiger partial charge in [-0.2, -0.15) is 0 Å². The number of benzene rings is 1. The lowest BCUT2D eigenvalue weighted by Gasteiger charge is -2.04. The van der Waals surface area contributed by atoms with E-state index in [0.717, 1.165) is 40.0 Å². The number of pyridine rings is 1. The van der Waals surface area contributed by atoms with E-state index >= 15 is 0 Å². The second-order valence-corrected chi connectivity index (χ2v) is 7.58. The number of hydrogen-bond acceptors (Lipinski definition) is 4. The van der Waals surface area contributed by atoms with Gasteiger partial charge in [-0.3, -0.25) is 0 Å². The molecule has 0 aliphatic carbocycles. The molecule has 132 valence electrons. The number of nitrogens with zero attached hydrogens (tertiary/aromatic N) is 2. The maximum Gasteiger partial charge on any atom is 0.141 e. The fourth-order valence-electron chi connectivity index (χ4n) is 3.24. The van der Waals surface area contributed by atoms with Gasteiger partial charge in [-0.1, -0.05) is 42.4 Å². The van der Waals surface area contributed by atoms with Crippen molar-refractivity contribution in [3.05, 3.63) is 59.7 Å². The molecule has 0 saturated carbocycles. The first-order valence-corrected chi connectivity index (χ1v) is 9.64. The molecule has 0 bridgehead atoms. The van der Waals surface area contributed by atoms with Gasteiger partial charge in [0.05, 0.1) is 5.69 Å². The number of aromatic nitrogens is 3. The summed E-state index contributed by atoms with van der Waals surface area (Å²) in [6.45, 7) is 6.10. The zero-order valence-corrected chi connectivity index (χ0v) is 16.0. The highest BCUT2D eigenvalue weighted by Crippen LogP contribution is 2.36. The van der Waals surface area contributed by atoms with Crippen LogP contribution < -0.4 is 0 Å². The van der Waals surface area contributed by atoms with E-state index in [1.165, 1.54) is 21.8 Å². The van der Waals surface area contributed by atoms with Crippen molar-refractivity contribution in [2.75, 3.05) is 0 Å². The lowest BCUT2D eigenvalue weighted by Crippen LogP contribution is -1.85. The molecule has 0 spiro atoms. The molecule has 3 heterocycles. The Balaban J connectivity index is 1.68. The highest BCUT2D eigenvalue weighted by Gasteiger charge is 2.14. The number of aromatic amines is 1. The van der Waals surface area contributed by atoms with Crippen LogP contribution >= 0.6 is 11.8 Å². The Morgan fingerprint density at radius 1 is 1.15 bits per heavy atom. The molecule has 0 atom stereocenters. The fraction of sp³-hybridized carbons (Fsp3) is 0.238. The first kappa shape index (κ1) is 16.9. The smallest absolute Gasteiger partial charge is 0.141 e. The van der Waals surface area contributed by atoms with E-state index in [-0.39, 0.29) is 0 Å². The molecule has 26 heavy (non-hydrogen) atoms. The molecule has 0 fully saturated rings. The van der Waals surface area contributed by atoms with Gasteiger partial charge >= 0.3 is 0 Å². The zero-order valence-electron chi connectivity index (χ0n) is 15.2. The third kappa shape index (κ3) is 3.15. The van der Waals surface area contributed by atoms with Gasteiger partial charge in [-0.05, 0) is 44.0 Å². The van der Waals surface area contributed by atoms with Gasteiger partial charge in [0.2, 0.25) is 0 Å². The average molecular weight is 363 g/mol. The quantitative estimate of drug-likeness (QED) is 0.477. The van der Waals surface area contributed by atoms with Crippen molar-refractivity contribution in [1.82, 2.24) is 15.1 Å². The van der Waals surface area contributed by atoms with Crippen molar-refractivity contribution in [1.29, 1.82) is 0 Å². The summed E-state index contributed by atoms with van der Waals surface area (Å²) in [7, 11) is 0. The van der Waals surface area contributed by atoms with Crippen molar-refractivity contribution in [2.45, 2.75) is 43.4 Å². The molecular formula is C21H21N3OS. The molecule has 0 unspecified atom stereocenters. The van der Waals surface area contributed by atoms with E-state index < -0.39 is 0 Å². The van der Waals surface area contributed by atoms with E-state index in [2.05, 4.69) is 52.4 Å². The topological polar surface area (TPSA) is 54.7 Å². The molecule has 5 heteroatoms. The Bertz CT molecular complexity index is 1030. The number of rotatable bonds is 5. The van der Waals surface area contributed by atoms with Gasteiger partial charge < -0.3 is 9.51 Å². The summed E-state index contributed by atoms with van der Waals surface area (Å²) in [5.41, 5.74) is 5.23. The van der Waals surface area contributed by atoms with Crippen LogP contribution in [0.2, 0.25) is 0 Å². The van der Waals surface area contributed by atoms with E-state index in [9.17, 15) is 0 Å². The predicted molar refractivity (Wildman–Crippen MR) is 106 cm³/mol. The monoisotopic (exact) mass is 363 g/mol. The maximum atomic E-state index is 5.31. The molecule has 0 aliphatic rings. The summed E-state index contributed by atoms with van der Waals surface area (Å²) in [6.07, 6.45) is 6.20. The molecule has 4 aromatic rings. The van der Waals surface area contributed by atoms with Crippen molar-refractivity contribution in [3.8, 4) is 11.1 Å². The molecule has 0 saturated heterocycles. The summed E-state index contributed by atoms with van der Waals surface area (Å²) < 4.78 is 5.31. The standard InChI is InChI=1S/C21H21N3OS/c1-4-5-15-6-8-17(9-7-15)26-19-12-23-21-18(19)10-16(11-22-21)20-13(2)24-25-14(20)3/h6-12H,4-5H2,1-3H3,(H,22,23). The number of fused-ring (bicyclic) bond motifs is 1. The summed E-state index contributed by atoms with van der Waals surface area (Å²) in [4.78, 5) is 10.3. The number of hydrogen-bond donors (Lipinski definition) is 1. The molecule has 1 N–H and O–H groups in total. The van der Waals surface area contributed by atoms with Gasteiger partial charge in [0.25, 0.3) is 0 Å². The fourth-order valence-corrected chi connectivity index (χ4v) is 4.14. The molecule has 4 nitrogen and oxygen atoms in total. The molecule has 0 aliphatic heterocycles. The van der Waals surface area contributed by atoms with Crippen LogP contribution in [0.15, 0.2) is 57.0 Å². The Labute approximate surface area is 157 Å². The normalized spacial score (nSPS) is 11.3. The van der Waals surface area contributed by atoms with Crippen LogP contribution in [-0.4, -0.2) is 15.1 Å². The third-order valence-corrected chi connectivity index (χ3v) is 5.57. The van der Waals surface area contributed by atoms with Crippen molar-refractivity contribution in [2.24, 2.45) is 0 Å². The third-order valence-electron chi connectivity index (χ3n) is 4.51.